The molecular weight excluding hydrogens is 258 g/mol. The second kappa shape index (κ2) is 6.50. The topological polar surface area (TPSA) is 40.5 Å². The van der Waals surface area contributed by atoms with Crippen LogP contribution in [0.4, 0.5) is 0 Å². The van der Waals surface area contributed by atoms with Crippen LogP contribution in [-0.2, 0) is 13.0 Å². The molecule has 4 heteroatoms. The van der Waals surface area contributed by atoms with Crippen molar-refractivity contribution in [2.45, 2.75) is 13.0 Å². The molecule has 100 valence electrons. The van der Waals surface area contributed by atoms with Crippen molar-refractivity contribution < 1.29 is 9.90 Å². The molecule has 0 saturated carbocycles. The van der Waals surface area contributed by atoms with Crippen molar-refractivity contribution in [3.05, 3.63) is 57.8 Å². The summed E-state index contributed by atoms with van der Waals surface area (Å²) in [7, 11) is 2.06. The van der Waals surface area contributed by atoms with Gasteiger partial charge in [-0.05, 0) is 42.6 Å². The van der Waals surface area contributed by atoms with E-state index in [9.17, 15) is 4.79 Å². The molecule has 1 heterocycles. The minimum Gasteiger partial charge on any atom is -0.478 e. The Labute approximate surface area is 117 Å². The highest BCUT2D eigenvalue weighted by Crippen LogP contribution is 2.11. The van der Waals surface area contributed by atoms with Gasteiger partial charge < -0.3 is 10.0 Å². The van der Waals surface area contributed by atoms with Crippen LogP contribution >= 0.6 is 11.3 Å². The average Bonchev–Trinajstić information content (AvgIpc) is 2.90. The first-order valence-corrected chi connectivity index (χ1v) is 7.06. The fourth-order valence-corrected chi connectivity index (χ4v) is 2.65. The van der Waals surface area contributed by atoms with Crippen LogP contribution < -0.4 is 0 Å². The molecule has 19 heavy (non-hydrogen) atoms. The summed E-state index contributed by atoms with van der Waals surface area (Å²) in [6.45, 7) is 1.74. The summed E-state index contributed by atoms with van der Waals surface area (Å²) in [5.41, 5.74) is 1.39. The van der Waals surface area contributed by atoms with Crippen LogP contribution in [0, 0.1) is 0 Å². The van der Waals surface area contributed by atoms with E-state index >= 15 is 0 Å². The van der Waals surface area contributed by atoms with E-state index in [0.717, 1.165) is 25.1 Å². The molecule has 1 aromatic carbocycles. The van der Waals surface area contributed by atoms with Gasteiger partial charge in [-0.2, -0.15) is 0 Å². The Morgan fingerprint density at radius 2 is 2.16 bits per heavy atom. The molecule has 0 amide bonds. The van der Waals surface area contributed by atoms with Crippen molar-refractivity contribution in [1.29, 1.82) is 0 Å². The van der Waals surface area contributed by atoms with Crippen LogP contribution in [0.5, 0.6) is 0 Å². The van der Waals surface area contributed by atoms with E-state index in [1.807, 2.05) is 6.07 Å². The maximum atomic E-state index is 10.9. The van der Waals surface area contributed by atoms with E-state index in [2.05, 4.69) is 29.5 Å². The SMILES string of the molecule is CN(CCc1cccs1)Cc1cccc(C(=O)O)c1. The lowest BCUT2D eigenvalue weighted by Gasteiger charge is -2.16. The number of carboxylic acids is 1. The highest BCUT2D eigenvalue weighted by molar-refractivity contribution is 7.09. The van der Waals surface area contributed by atoms with Crippen LogP contribution in [0.25, 0.3) is 0 Å². The molecule has 0 unspecified atom stereocenters. The normalized spacial score (nSPS) is 10.8. The molecule has 0 atom stereocenters. The summed E-state index contributed by atoms with van der Waals surface area (Å²) < 4.78 is 0. The van der Waals surface area contributed by atoms with Gasteiger partial charge in [0.1, 0.15) is 0 Å². The Hall–Kier alpha value is -1.65. The monoisotopic (exact) mass is 275 g/mol. The Bertz CT molecular complexity index is 537. The lowest BCUT2D eigenvalue weighted by molar-refractivity contribution is 0.0696. The largest absolute Gasteiger partial charge is 0.478 e. The summed E-state index contributed by atoms with van der Waals surface area (Å²) in [6, 6.07) is 11.3. The first kappa shape index (κ1) is 13.8. The van der Waals surface area contributed by atoms with Gasteiger partial charge >= 0.3 is 5.97 Å². The molecule has 0 spiro atoms. The zero-order chi connectivity index (χ0) is 13.7. The Balaban J connectivity index is 1.89. The molecule has 0 aliphatic heterocycles. The number of rotatable bonds is 6. The number of thiophene rings is 1. The third-order valence-corrected chi connectivity index (χ3v) is 3.88. The average molecular weight is 275 g/mol. The Morgan fingerprint density at radius 3 is 2.84 bits per heavy atom. The fourth-order valence-electron chi connectivity index (χ4n) is 1.95. The van der Waals surface area contributed by atoms with Crippen molar-refractivity contribution in [2.75, 3.05) is 13.6 Å². The predicted octanol–water partition coefficient (Wildman–Crippen LogP) is 3.12. The van der Waals surface area contributed by atoms with Crippen molar-refractivity contribution in [2.24, 2.45) is 0 Å². The molecule has 0 fully saturated rings. The van der Waals surface area contributed by atoms with E-state index in [0.29, 0.717) is 5.56 Å². The van der Waals surface area contributed by atoms with Crippen LogP contribution in [0.2, 0.25) is 0 Å². The van der Waals surface area contributed by atoms with Gasteiger partial charge in [-0.25, -0.2) is 4.79 Å². The standard InChI is InChI=1S/C15H17NO2S/c1-16(8-7-14-6-3-9-19-14)11-12-4-2-5-13(10-12)15(17)18/h2-6,9-10H,7-8,11H2,1H3,(H,17,18). The van der Waals surface area contributed by atoms with Crippen molar-refractivity contribution in [1.82, 2.24) is 4.90 Å². The predicted molar refractivity (Wildman–Crippen MR) is 77.8 cm³/mol. The summed E-state index contributed by atoms with van der Waals surface area (Å²) in [6.07, 6.45) is 1.03. The second-order valence-corrected chi connectivity index (χ2v) is 5.60. The number of hydrogen-bond donors (Lipinski definition) is 1. The molecule has 0 bridgehead atoms. The van der Waals surface area contributed by atoms with Gasteiger partial charge in [-0.15, -0.1) is 11.3 Å². The minimum atomic E-state index is -0.872. The Morgan fingerprint density at radius 1 is 1.32 bits per heavy atom. The first-order chi connectivity index (χ1) is 9.15. The molecule has 2 aromatic rings. The van der Waals surface area contributed by atoms with Gasteiger partial charge in [0, 0.05) is 18.0 Å². The maximum Gasteiger partial charge on any atom is 0.335 e. The van der Waals surface area contributed by atoms with Crippen LogP contribution in [-0.4, -0.2) is 29.6 Å². The number of carboxylic acid groups (broad SMARTS) is 1. The molecular formula is C15H17NO2S. The molecule has 1 N–H and O–H groups in total. The van der Waals surface area contributed by atoms with E-state index in [1.54, 1.807) is 29.5 Å². The molecule has 0 aliphatic carbocycles. The van der Waals surface area contributed by atoms with E-state index < -0.39 is 5.97 Å². The Kier molecular flexibility index (Phi) is 4.71. The number of nitrogens with zero attached hydrogens (tertiary/aromatic N) is 1. The smallest absolute Gasteiger partial charge is 0.335 e. The van der Waals surface area contributed by atoms with Crippen LogP contribution in [0.15, 0.2) is 41.8 Å². The van der Waals surface area contributed by atoms with Gasteiger partial charge in [0.05, 0.1) is 5.56 Å². The van der Waals surface area contributed by atoms with Crippen molar-refractivity contribution in [3.63, 3.8) is 0 Å². The third kappa shape index (κ3) is 4.19. The van der Waals surface area contributed by atoms with Gasteiger partial charge in [0.15, 0.2) is 0 Å². The van der Waals surface area contributed by atoms with E-state index in [-0.39, 0.29) is 0 Å². The second-order valence-electron chi connectivity index (χ2n) is 4.57. The van der Waals surface area contributed by atoms with Crippen LogP contribution in [0.3, 0.4) is 0 Å². The van der Waals surface area contributed by atoms with E-state index in [4.69, 9.17) is 5.11 Å². The lowest BCUT2D eigenvalue weighted by atomic mass is 10.1. The summed E-state index contributed by atoms with van der Waals surface area (Å²) >= 11 is 1.77. The lowest BCUT2D eigenvalue weighted by Crippen LogP contribution is -2.20. The number of likely N-dealkylation sites (N-methyl/N-ethyl adjacent to an activating group) is 1. The molecule has 0 radical (unpaired) electrons. The van der Waals surface area contributed by atoms with Crippen molar-refractivity contribution in [3.8, 4) is 0 Å². The molecule has 2 rings (SSSR count). The van der Waals surface area contributed by atoms with Gasteiger partial charge in [-0.1, -0.05) is 18.2 Å². The number of benzene rings is 1. The zero-order valence-electron chi connectivity index (χ0n) is 10.9. The van der Waals surface area contributed by atoms with Gasteiger partial charge in [0.2, 0.25) is 0 Å². The summed E-state index contributed by atoms with van der Waals surface area (Å²) in [5, 5.41) is 11.0. The quantitative estimate of drug-likeness (QED) is 0.880. The first-order valence-electron chi connectivity index (χ1n) is 6.18. The van der Waals surface area contributed by atoms with Gasteiger partial charge in [0.25, 0.3) is 0 Å². The highest BCUT2D eigenvalue weighted by atomic mass is 32.1. The number of carbonyl (C=O) groups is 1. The fraction of sp³-hybridized carbons (Fsp3) is 0.267. The summed E-state index contributed by atoms with van der Waals surface area (Å²) in [4.78, 5) is 14.5. The van der Waals surface area contributed by atoms with Gasteiger partial charge in [-0.3, -0.25) is 0 Å². The number of aromatic carboxylic acids is 1. The molecule has 0 aliphatic rings. The molecule has 0 saturated heterocycles. The molecule has 1 aromatic heterocycles. The third-order valence-electron chi connectivity index (χ3n) is 2.95. The maximum absolute atomic E-state index is 10.9. The zero-order valence-corrected chi connectivity index (χ0v) is 11.7. The van der Waals surface area contributed by atoms with E-state index in [1.165, 1.54) is 4.88 Å². The van der Waals surface area contributed by atoms with Crippen LogP contribution in [0.1, 0.15) is 20.8 Å². The number of hydrogen-bond acceptors (Lipinski definition) is 3. The minimum absolute atomic E-state index is 0.351. The summed E-state index contributed by atoms with van der Waals surface area (Å²) in [5.74, 6) is -0.872. The molecule has 3 nitrogen and oxygen atoms in total. The van der Waals surface area contributed by atoms with Crippen molar-refractivity contribution >= 4 is 17.3 Å². The highest BCUT2D eigenvalue weighted by Gasteiger charge is 2.05.